The quantitative estimate of drug-likeness (QED) is 0.457. The third kappa shape index (κ3) is 7.57. The molecular weight excluding hydrogens is 486 g/mol. The average Bonchev–Trinajstić information content (AvgIpc) is 3.35. The van der Waals surface area contributed by atoms with E-state index in [-0.39, 0.29) is 25.0 Å². The minimum Gasteiger partial charge on any atom is -0.352 e. The molecule has 0 radical (unpaired) electrons. The minimum atomic E-state index is -3.75. The van der Waals surface area contributed by atoms with Crippen LogP contribution in [0.2, 0.25) is 0 Å². The largest absolute Gasteiger partial charge is 0.352 e. The second-order valence-corrected chi connectivity index (χ2v) is 12.3. The summed E-state index contributed by atoms with van der Waals surface area (Å²) in [5.74, 6) is -0.283. The van der Waals surface area contributed by atoms with Crippen LogP contribution >= 0.6 is 0 Å². The molecule has 0 aromatic heterocycles. The van der Waals surface area contributed by atoms with Crippen molar-refractivity contribution >= 4 is 27.5 Å². The summed E-state index contributed by atoms with van der Waals surface area (Å²) in [6.45, 7) is 7.84. The van der Waals surface area contributed by atoms with Gasteiger partial charge in [-0.2, -0.15) is 0 Å². The van der Waals surface area contributed by atoms with Crippen molar-refractivity contribution < 1.29 is 18.0 Å². The van der Waals surface area contributed by atoms with Crippen molar-refractivity contribution in [1.29, 1.82) is 0 Å². The lowest BCUT2D eigenvalue weighted by molar-refractivity contribution is -0.140. The van der Waals surface area contributed by atoms with Gasteiger partial charge in [0.1, 0.15) is 12.6 Å². The minimum absolute atomic E-state index is 0.129. The average molecular weight is 528 g/mol. The molecule has 2 amide bonds. The fourth-order valence-corrected chi connectivity index (χ4v) is 5.75. The SMILES string of the molecule is CCC(C(=O)NC1CCCC1)N(Cc1ccccc1C)C(=O)CN(c1ccc(C(C)C)cc1)S(C)(=O)=O. The normalized spacial score (nSPS) is 15.0. The van der Waals surface area contributed by atoms with Gasteiger partial charge in [-0.05, 0) is 60.9 Å². The molecule has 2 aromatic carbocycles. The Balaban J connectivity index is 1.92. The van der Waals surface area contributed by atoms with E-state index in [0.717, 1.165) is 52.9 Å². The number of nitrogens with zero attached hydrogens (tertiary/aromatic N) is 2. The first kappa shape index (κ1) is 28.7. The van der Waals surface area contributed by atoms with Crippen LogP contribution in [-0.4, -0.2) is 50.0 Å². The van der Waals surface area contributed by atoms with Crippen LogP contribution in [0.15, 0.2) is 48.5 Å². The van der Waals surface area contributed by atoms with E-state index >= 15 is 0 Å². The van der Waals surface area contributed by atoms with Gasteiger partial charge in [0.2, 0.25) is 21.8 Å². The highest BCUT2D eigenvalue weighted by Crippen LogP contribution is 2.24. The van der Waals surface area contributed by atoms with Gasteiger partial charge in [-0.1, -0.05) is 70.0 Å². The Labute approximate surface area is 222 Å². The van der Waals surface area contributed by atoms with Gasteiger partial charge in [-0.25, -0.2) is 8.42 Å². The number of nitrogens with one attached hydrogen (secondary N) is 1. The van der Waals surface area contributed by atoms with Gasteiger partial charge in [0.15, 0.2) is 0 Å². The summed E-state index contributed by atoms with van der Waals surface area (Å²) in [6.07, 6.45) is 5.61. The van der Waals surface area contributed by atoms with Crippen molar-refractivity contribution in [2.24, 2.45) is 0 Å². The zero-order valence-corrected chi connectivity index (χ0v) is 23.6. The van der Waals surface area contributed by atoms with E-state index < -0.39 is 22.0 Å². The van der Waals surface area contributed by atoms with Crippen LogP contribution in [0, 0.1) is 6.92 Å². The molecule has 0 saturated heterocycles. The van der Waals surface area contributed by atoms with Gasteiger partial charge < -0.3 is 10.2 Å². The summed E-state index contributed by atoms with van der Waals surface area (Å²) in [6, 6.07) is 14.4. The predicted octanol–water partition coefficient (Wildman–Crippen LogP) is 4.75. The fourth-order valence-electron chi connectivity index (χ4n) is 4.90. The number of aryl methyl sites for hydroxylation is 1. The molecule has 8 heteroatoms. The number of carbonyl (C=O) groups excluding carboxylic acids is 2. The van der Waals surface area contributed by atoms with Crippen molar-refractivity contribution in [3.63, 3.8) is 0 Å². The van der Waals surface area contributed by atoms with Crippen molar-refractivity contribution in [2.75, 3.05) is 17.1 Å². The zero-order valence-electron chi connectivity index (χ0n) is 22.7. The molecule has 0 bridgehead atoms. The molecule has 0 spiro atoms. The maximum atomic E-state index is 13.8. The standard InChI is InChI=1S/C29H41N3O4S/c1-6-27(29(34)30-25-13-9-10-14-25)31(19-24-12-8-7-11-22(24)4)28(33)20-32(37(5,35)36)26-17-15-23(16-18-26)21(2)3/h7-8,11-12,15-18,21,25,27H,6,9-10,13-14,19-20H2,1-5H3,(H,30,34). The lowest BCUT2D eigenvalue weighted by Gasteiger charge is -2.33. The molecule has 1 aliphatic rings. The van der Waals surface area contributed by atoms with Gasteiger partial charge in [0, 0.05) is 12.6 Å². The van der Waals surface area contributed by atoms with E-state index in [1.807, 2.05) is 50.2 Å². The van der Waals surface area contributed by atoms with Gasteiger partial charge in [0.05, 0.1) is 11.9 Å². The summed E-state index contributed by atoms with van der Waals surface area (Å²) in [7, 11) is -3.75. The molecule has 0 heterocycles. The summed E-state index contributed by atoms with van der Waals surface area (Å²) in [5, 5.41) is 3.13. The number of sulfonamides is 1. The number of carbonyl (C=O) groups is 2. The third-order valence-corrected chi connectivity index (χ3v) is 8.36. The molecule has 1 fully saturated rings. The molecule has 1 atom stereocenters. The number of anilines is 1. The maximum absolute atomic E-state index is 13.8. The van der Waals surface area contributed by atoms with E-state index in [1.54, 1.807) is 17.0 Å². The molecule has 7 nitrogen and oxygen atoms in total. The Hall–Kier alpha value is -2.87. The lowest BCUT2D eigenvalue weighted by Crippen LogP contribution is -2.53. The topological polar surface area (TPSA) is 86.8 Å². The predicted molar refractivity (Wildman–Crippen MR) is 149 cm³/mol. The van der Waals surface area contributed by atoms with E-state index in [2.05, 4.69) is 19.2 Å². The highest BCUT2D eigenvalue weighted by atomic mass is 32.2. The summed E-state index contributed by atoms with van der Waals surface area (Å²) in [4.78, 5) is 28.8. The molecule has 1 saturated carbocycles. The molecule has 2 aromatic rings. The molecule has 1 aliphatic carbocycles. The molecule has 3 rings (SSSR count). The summed E-state index contributed by atoms with van der Waals surface area (Å²) < 4.78 is 26.7. The first-order chi connectivity index (χ1) is 17.5. The van der Waals surface area contributed by atoms with Crippen molar-refractivity contribution in [2.45, 2.75) is 84.3 Å². The fraction of sp³-hybridized carbons (Fsp3) is 0.517. The van der Waals surface area contributed by atoms with E-state index in [4.69, 9.17) is 0 Å². The first-order valence-corrected chi connectivity index (χ1v) is 15.1. The first-order valence-electron chi connectivity index (χ1n) is 13.2. The van der Waals surface area contributed by atoms with Crippen LogP contribution in [0.5, 0.6) is 0 Å². The van der Waals surface area contributed by atoms with Gasteiger partial charge in [-0.15, -0.1) is 0 Å². The summed E-state index contributed by atoms with van der Waals surface area (Å²) >= 11 is 0. The zero-order chi connectivity index (χ0) is 27.2. The second-order valence-electron chi connectivity index (χ2n) is 10.4. The number of hydrogen-bond acceptors (Lipinski definition) is 4. The summed E-state index contributed by atoms with van der Waals surface area (Å²) in [5.41, 5.74) is 3.45. The maximum Gasteiger partial charge on any atom is 0.244 e. The lowest BCUT2D eigenvalue weighted by atomic mass is 10.0. The van der Waals surface area contributed by atoms with Crippen LogP contribution < -0.4 is 9.62 Å². The van der Waals surface area contributed by atoms with Gasteiger partial charge in [0.25, 0.3) is 0 Å². The molecular formula is C29H41N3O4S. The Morgan fingerprint density at radius 3 is 2.19 bits per heavy atom. The van der Waals surface area contributed by atoms with Crippen LogP contribution in [0.1, 0.15) is 75.5 Å². The third-order valence-electron chi connectivity index (χ3n) is 7.22. The van der Waals surface area contributed by atoms with E-state index in [0.29, 0.717) is 18.0 Å². The van der Waals surface area contributed by atoms with Crippen molar-refractivity contribution in [3.05, 3.63) is 65.2 Å². The van der Waals surface area contributed by atoms with Crippen LogP contribution in [0.3, 0.4) is 0 Å². The highest BCUT2D eigenvalue weighted by molar-refractivity contribution is 7.92. The Kier molecular flexibility index (Phi) is 9.76. The van der Waals surface area contributed by atoms with E-state index in [1.165, 1.54) is 0 Å². The molecule has 202 valence electrons. The Morgan fingerprint density at radius 1 is 1.03 bits per heavy atom. The number of benzene rings is 2. The molecule has 0 aliphatic heterocycles. The number of amides is 2. The monoisotopic (exact) mass is 527 g/mol. The van der Waals surface area contributed by atoms with Crippen LogP contribution in [-0.2, 0) is 26.2 Å². The smallest absolute Gasteiger partial charge is 0.244 e. The second kappa shape index (κ2) is 12.6. The molecule has 1 unspecified atom stereocenters. The number of rotatable bonds is 11. The molecule has 37 heavy (non-hydrogen) atoms. The van der Waals surface area contributed by atoms with Crippen molar-refractivity contribution in [1.82, 2.24) is 10.2 Å². The van der Waals surface area contributed by atoms with Gasteiger partial charge >= 0.3 is 0 Å². The van der Waals surface area contributed by atoms with Gasteiger partial charge in [-0.3, -0.25) is 13.9 Å². The Morgan fingerprint density at radius 2 is 1.65 bits per heavy atom. The van der Waals surface area contributed by atoms with Crippen molar-refractivity contribution in [3.8, 4) is 0 Å². The molecule has 1 N–H and O–H groups in total. The Bertz CT molecular complexity index is 1170. The van der Waals surface area contributed by atoms with Crippen LogP contribution in [0.4, 0.5) is 5.69 Å². The highest BCUT2D eigenvalue weighted by Gasteiger charge is 2.33. The van der Waals surface area contributed by atoms with E-state index in [9.17, 15) is 18.0 Å². The van der Waals surface area contributed by atoms with Crippen LogP contribution in [0.25, 0.3) is 0 Å². The number of hydrogen-bond donors (Lipinski definition) is 1.